The van der Waals surface area contributed by atoms with Crippen molar-refractivity contribution in [3.8, 4) is 11.5 Å². The fourth-order valence-corrected chi connectivity index (χ4v) is 5.57. The molecule has 0 unspecified atom stereocenters. The van der Waals surface area contributed by atoms with Crippen LogP contribution in [0.3, 0.4) is 0 Å². The molecule has 4 heteroatoms. The van der Waals surface area contributed by atoms with Crippen LogP contribution in [0.5, 0.6) is 11.5 Å². The predicted octanol–water partition coefficient (Wildman–Crippen LogP) is 12.8. The van der Waals surface area contributed by atoms with Gasteiger partial charge >= 0.3 is 5.95 Å². The summed E-state index contributed by atoms with van der Waals surface area (Å²) in [7, 11) is 0. The van der Waals surface area contributed by atoms with Crippen LogP contribution in [0.25, 0.3) is 5.76 Å². The Morgan fingerprint density at radius 3 is 1.53 bits per heavy atom. The summed E-state index contributed by atoms with van der Waals surface area (Å²) in [6.45, 7) is 7.18. The molecule has 0 saturated carbocycles. The molecule has 242 valence electrons. The maximum Gasteiger partial charge on any atom is 0.319 e. The number of ether oxygens (including phenoxy) is 2. The Morgan fingerprint density at radius 1 is 0.535 bits per heavy atom. The van der Waals surface area contributed by atoms with Crippen LogP contribution >= 0.6 is 0 Å². The first-order valence-electron chi connectivity index (χ1n) is 17.7. The summed E-state index contributed by atoms with van der Waals surface area (Å²) in [6.07, 6.45) is 25.5. The summed E-state index contributed by atoms with van der Waals surface area (Å²) in [5.41, 5.74) is 3.08. The molecule has 4 nitrogen and oxygen atoms in total. The second-order valence-corrected chi connectivity index (χ2v) is 12.2. The molecule has 0 saturated heterocycles. The van der Waals surface area contributed by atoms with Gasteiger partial charge in [-0.05, 0) is 67.5 Å². The minimum Gasteiger partial charge on any atom is -0.486 e. The third-order valence-electron chi connectivity index (χ3n) is 8.28. The van der Waals surface area contributed by atoms with Crippen LogP contribution in [0.4, 0.5) is 0 Å². The first kappa shape index (κ1) is 36.6. The van der Waals surface area contributed by atoms with Crippen LogP contribution in [0.1, 0.15) is 159 Å². The third-order valence-corrected chi connectivity index (χ3v) is 8.28. The Kier molecular flexibility index (Phi) is 20.2. The van der Waals surface area contributed by atoms with Gasteiger partial charge in [0.15, 0.2) is 0 Å². The molecule has 0 spiro atoms. The van der Waals surface area contributed by atoms with Crippen LogP contribution in [0.2, 0.25) is 0 Å². The lowest BCUT2D eigenvalue weighted by Crippen LogP contribution is -2.03. The van der Waals surface area contributed by atoms with Crippen molar-refractivity contribution >= 4 is 5.76 Å². The van der Waals surface area contributed by atoms with Gasteiger partial charge in [0.25, 0.3) is 0 Å². The van der Waals surface area contributed by atoms with Gasteiger partial charge in [-0.25, -0.2) is 0 Å². The average Bonchev–Trinajstić information content (AvgIpc) is 3.01. The van der Waals surface area contributed by atoms with E-state index in [0.29, 0.717) is 17.9 Å². The fraction of sp³-hybridized carbons (Fsp3) is 0.641. The molecule has 2 aromatic carbocycles. The lowest BCUT2D eigenvalue weighted by Gasteiger charge is -2.17. The summed E-state index contributed by atoms with van der Waals surface area (Å²) in [5, 5.41) is 20.6. The van der Waals surface area contributed by atoms with Gasteiger partial charge in [0, 0.05) is 0 Å². The van der Waals surface area contributed by atoms with Crippen molar-refractivity contribution < 1.29 is 19.7 Å². The molecule has 0 aliphatic carbocycles. The Labute approximate surface area is 263 Å². The van der Waals surface area contributed by atoms with Crippen LogP contribution in [0.15, 0.2) is 48.4 Å². The molecule has 0 bridgehead atoms. The van der Waals surface area contributed by atoms with E-state index in [1.54, 1.807) is 0 Å². The summed E-state index contributed by atoms with van der Waals surface area (Å²) in [4.78, 5) is 0. The average molecular weight is 595 g/mol. The first-order chi connectivity index (χ1) is 21.1. The number of aliphatic hydroxyl groups excluding tert-OH is 1. The quantitative estimate of drug-likeness (QED) is 0.0840. The van der Waals surface area contributed by atoms with Gasteiger partial charge < -0.3 is 19.7 Å². The molecule has 0 aliphatic rings. The van der Waals surface area contributed by atoms with E-state index in [2.05, 4.69) is 39.0 Å². The van der Waals surface area contributed by atoms with Crippen molar-refractivity contribution in [1.29, 1.82) is 0 Å². The van der Waals surface area contributed by atoms with E-state index < -0.39 is 5.95 Å². The molecule has 43 heavy (non-hydrogen) atoms. The van der Waals surface area contributed by atoms with Crippen molar-refractivity contribution in [2.75, 3.05) is 6.61 Å². The molecule has 0 aliphatic heterocycles. The normalized spacial score (nSPS) is 11.0. The Balaban J connectivity index is 2.07. The number of rotatable bonds is 26. The van der Waals surface area contributed by atoms with E-state index in [1.807, 2.05) is 24.3 Å². The fourth-order valence-electron chi connectivity index (χ4n) is 5.57. The number of benzene rings is 2. The summed E-state index contributed by atoms with van der Waals surface area (Å²) in [5.74, 6) is 0.621. The lowest BCUT2D eigenvalue weighted by atomic mass is 10.0. The molecule has 0 aromatic heterocycles. The van der Waals surface area contributed by atoms with Gasteiger partial charge in [0.05, 0.1) is 12.2 Å². The van der Waals surface area contributed by atoms with E-state index in [-0.39, 0.29) is 5.76 Å². The minimum absolute atomic E-state index is 0.102. The molecular weight excluding hydrogens is 532 g/mol. The van der Waals surface area contributed by atoms with Crippen molar-refractivity contribution in [1.82, 2.24) is 0 Å². The monoisotopic (exact) mass is 594 g/mol. The molecule has 0 fully saturated rings. The molecule has 0 atom stereocenters. The maximum atomic E-state index is 10.3. The zero-order valence-electron chi connectivity index (χ0n) is 27.8. The first-order valence-corrected chi connectivity index (χ1v) is 17.7. The minimum atomic E-state index is -0.793. The highest BCUT2D eigenvalue weighted by Crippen LogP contribution is 2.34. The summed E-state index contributed by atoms with van der Waals surface area (Å²) < 4.78 is 12.4. The Morgan fingerprint density at radius 2 is 1.00 bits per heavy atom. The topological polar surface area (TPSA) is 58.9 Å². The van der Waals surface area contributed by atoms with Crippen molar-refractivity contribution in [2.24, 2.45) is 0 Å². The van der Waals surface area contributed by atoms with Crippen LogP contribution < -0.4 is 4.74 Å². The second kappa shape index (κ2) is 23.8. The molecule has 0 radical (unpaired) electrons. The predicted molar refractivity (Wildman–Crippen MR) is 183 cm³/mol. The molecular formula is C39H62O4. The van der Waals surface area contributed by atoms with Gasteiger partial charge in [-0.15, -0.1) is 0 Å². The van der Waals surface area contributed by atoms with Gasteiger partial charge in [-0.1, -0.05) is 142 Å². The highest BCUT2D eigenvalue weighted by molar-refractivity contribution is 5.67. The van der Waals surface area contributed by atoms with Gasteiger partial charge in [0.1, 0.15) is 11.5 Å². The number of unbranched alkanes of at least 4 members (excludes halogenated alkanes) is 16. The number of hydrogen-bond acceptors (Lipinski definition) is 4. The Bertz CT molecular complexity index is 991. The number of aryl methyl sites for hydroxylation is 2. The summed E-state index contributed by atoms with van der Waals surface area (Å²) >= 11 is 0. The van der Waals surface area contributed by atoms with E-state index in [4.69, 9.17) is 9.47 Å². The standard InChI is InChI=1S/C39H62O4/c1-4-7-10-13-16-19-22-31-42-38(39(40)41)36-32-34(24-21-18-15-12-9-6-3)27-30-37(36)43-35-28-25-33(26-29-35)23-20-17-14-11-8-5-2/h25-30,32,40-41H,4-24,31H2,1-3H3. The molecule has 2 N–H and O–H groups in total. The third kappa shape index (κ3) is 16.1. The summed E-state index contributed by atoms with van der Waals surface area (Å²) in [6, 6.07) is 14.4. The van der Waals surface area contributed by atoms with Crippen LogP contribution in [-0.4, -0.2) is 16.8 Å². The SMILES string of the molecule is CCCCCCCCCOC(=C(O)O)c1cc(CCCCCCCC)ccc1Oc1ccc(CCCCCCCC)cc1. The second-order valence-electron chi connectivity index (χ2n) is 12.2. The molecule has 2 aromatic rings. The van der Waals surface area contributed by atoms with Gasteiger partial charge in [-0.3, -0.25) is 0 Å². The zero-order valence-corrected chi connectivity index (χ0v) is 27.8. The van der Waals surface area contributed by atoms with E-state index in [9.17, 15) is 10.2 Å². The molecule has 2 rings (SSSR count). The highest BCUT2D eigenvalue weighted by atomic mass is 16.5. The number of hydrogen-bond donors (Lipinski definition) is 2. The van der Waals surface area contributed by atoms with Crippen LogP contribution in [0, 0.1) is 0 Å². The van der Waals surface area contributed by atoms with E-state index in [0.717, 1.165) is 43.4 Å². The Hall–Kier alpha value is -2.62. The van der Waals surface area contributed by atoms with E-state index in [1.165, 1.54) is 108 Å². The van der Waals surface area contributed by atoms with Crippen molar-refractivity contribution in [3.63, 3.8) is 0 Å². The van der Waals surface area contributed by atoms with Crippen molar-refractivity contribution in [3.05, 3.63) is 65.1 Å². The lowest BCUT2D eigenvalue weighted by molar-refractivity contribution is 0.161. The van der Waals surface area contributed by atoms with Gasteiger partial charge in [-0.2, -0.15) is 0 Å². The maximum absolute atomic E-state index is 10.3. The highest BCUT2D eigenvalue weighted by Gasteiger charge is 2.18. The van der Waals surface area contributed by atoms with Crippen LogP contribution in [-0.2, 0) is 17.6 Å². The molecule has 0 heterocycles. The number of aliphatic hydroxyl groups is 2. The van der Waals surface area contributed by atoms with Crippen molar-refractivity contribution in [2.45, 2.75) is 156 Å². The smallest absolute Gasteiger partial charge is 0.319 e. The van der Waals surface area contributed by atoms with Gasteiger partial charge in [0.2, 0.25) is 5.76 Å². The molecule has 0 amide bonds. The van der Waals surface area contributed by atoms with E-state index >= 15 is 0 Å². The largest absolute Gasteiger partial charge is 0.486 e. The zero-order chi connectivity index (χ0) is 31.0.